The second-order valence-corrected chi connectivity index (χ2v) is 6.95. The fourth-order valence-electron chi connectivity index (χ4n) is 2.78. The van der Waals surface area contributed by atoms with Crippen LogP contribution in [0.1, 0.15) is 31.2 Å². The first-order chi connectivity index (χ1) is 15.8. The Hall–Kier alpha value is -3.89. The molecule has 0 amide bonds. The van der Waals surface area contributed by atoms with Crippen LogP contribution < -0.4 is 4.74 Å². The summed E-state index contributed by atoms with van der Waals surface area (Å²) in [7, 11) is 1.59. The van der Waals surface area contributed by atoms with Crippen molar-refractivity contribution in [3.05, 3.63) is 52.1 Å². The van der Waals surface area contributed by atoms with E-state index in [1.807, 2.05) is 30.3 Å². The van der Waals surface area contributed by atoms with Gasteiger partial charge in [-0.3, -0.25) is 4.79 Å². The lowest BCUT2D eigenvalue weighted by molar-refractivity contribution is -0.757. The first-order valence-corrected chi connectivity index (χ1v) is 10.1. The maximum Gasteiger partial charge on any atom is 0.344 e. The SMILES string of the molecule is COc1ccc2cc(C(C)C(=O)OCC(=O)OCC(=O)OCCCCO[N+](=O)[O-])ccc2c1. The molecule has 0 saturated heterocycles. The van der Waals surface area contributed by atoms with Gasteiger partial charge in [0, 0.05) is 0 Å². The van der Waals surface area contributed by atoms with E-state index >= 15 is 0 Å². The van der Waals surface area contributed by atoms with Crippen LogP contribution in [0, 0.1) is 10.1 Å². The molecule has 0 bridgehead atoms. The Labute approximate surface area is 189 Å². The van der Waals surface area contributed by atoms with Gasteiger partial charge in [0.2, 0.25) is 0 Å². The molecule has 11 heteroatoms. The Balaban J connectivity index is 1.69. The largest absolute Gasteiger partial charge is 0.497 e. The molecule has 178 valence electrons. The lowest BCUT2D eigenvalue weighted by Gasteiger charge is -2.13. The molecule has 0 spiro atoms. The third-order valence-corrected chi connectivity index (χ3v) is 4.61. The fraction of sp³-hybridized carbons (Fsp3) is 0.409. The summed E-state index contributed by atoms with van der Waals surface area (Å²) in [5.74, 6) is -2.18. The second-order valence-electron chi connectivity index (χ2n) is 6.95. The molecule has 0 aromatic heterocycles. The van der Waals surface area contributed by atoms with E-state index in [0.29, 0.717) is 12.8 Å². The van der Waals surface area contributed by atoms with E-state index in [-0.39, 0.29) is 13.2 Å². The van der Waals surface area contributed by atoms with E-state index in [1.165, 1.54) is 0 Å². The van der Waals surface area contributed by atoms with Gasteiger partial charge in [0.05, 0.1) is 26.2 Å². The average Bonchev–Trinajstić information content (AvgIpc) is 2.81. The van der Waals surface area contributed by atoms with Crippen LogP contribution in [0.4, 0.5) is 0 Å². The predicted octanol–water partition coefficient (Wildman–Crippen LogP) is 2.57. The first-order valence-electron chi connectivity index (χ1n) is 10.1. The quantitative estimate of drug-likeness (QED) is 0.143. The lowest BCUT2D eigenvalue weighted by Crippen LogP contribution is -2.23. The van der Waals surface area contributed by atoms with Gasteiger partial charge in [0.15, 0.2) is 13.2 Å². The zero-order chi connectivity index (χ0) is 24.2. The van der Waals surface area contributed by atoms with E-state index < -0.39 is 42.1 Å². The molecule has 0 aliphatic carbocycles. The standard InChI is InChI=1S/C22H25NO10/c1-15(16-5-6-18-12-19(29-2)8-7-17(18)11-16)22(26)32-14-21(25)31-13-20(24)30-9-3-4-10-33-23(27)28/h5-8,11-12,15H,3-4,9-10,13-14H2,1-2H3. The van der Waals surface area contributed by atoms with Gasteiger partial charge in [-0.25, -0.2) is 9.59 Å². The van der Waals surface area contributed by atoms with Crippen LogP contribution in [0.2, 0.25) is 0 Å². The Kier molecular flexibility index (Phi) is 9.87. The van der Waals surface area contributed by atoms with Gasteiger partial charge in [-0.2, -0.15) is 0 Å². The summed E-state index contributed by atoms with van der Waals surface area (Å²) >= 11 is 0. The molecule has 33 heavy (non-hydrogen) atoms. The minimum Gasteiger partial charge on any atom is -0.497 e. The molecule has 1 unspecified atom stereocenters. The number of rotatable bonds is 13. The highest BCUT2D eigenvalue weighted by Crippen LogP contribution is 2.25. The highest BCUT2D eigenvalue weighted by molar-refractivity contribution is 5.87. The van der Waals surface area contributed by atoms with Crippen LogP contribution in [0.3, 0.4) is 0 Å². The average molecular weight is 463 g/mol. The van der Waals surface area contributed by atoms with Gasteiger partial charge in [-0.15, -0.1) is 10.1 Å². The Morgan fingerprint density at radius 1 is 0.909 bits per heavy atom. The smallest absolute Gasteiger partial charge is 0.344 e. The number of esters is 3. The first kappa shape index (κ1) is 25.4. The van der Waals surface area contributed by atoms with Crippen molar-refractivity contribution in [3.63, 3.8) is 0 Å². The molecule has 11 nitrogen and oxygen atoms in total. The molecule has 0 aliphatic rings. The highest BCUT2D eigenvalue weighted by Gasteiger charge is 2.19. The summed E-state index contributed by atoms with van der Waals surface area (Å²) in [6, 6.07) is 11.1. The van der Waals surface area contributed by atoms with E-state index in [0.717, 1.165) is 22.1 Å². The number of carbonyl (C=O) groups is 3. The third kappa shape index (κ3) is 8.63. The molecular formula is C22H25NO10. The summed E-state index contributed by atoms with van der Waals surface area (Å²) in [6.45, 7) is 0.289. The van der Waals surface area contributed by atoms with Crippen LogP contribution >= 0.6 is 0 Å². The summed E-state index contributed by atoms with van der Waals surface area (Å²) in [5, 5.41) is 11.0. The minimum atomic E-state index is -0.904. The Bertz CT molecular complexity index is 990. The van der Waals surface area contributed by atoms with Crippen molar-refractivity contribution < 1.29 is 43.3 Å². The summed E-state index contributed by atoms with van der Waals surface area (Å²) in [6.07, 6.45) is 0.679. The van der Waals surface area contributed by atoms with Gasteiger partial charge in [0.25, 0.3) is 5.09 Å². The second kappa shape index (κ2) is 12.8. The number of benzene rings is 2. The molecular weight excluding hydrogens is 438 g/mol. The Morgan fingerprint density at radius 2 is 1.55 bits per heavy atom. The molecule has 0 N–H and O–H groups in total. The monoisotopic (exact) mass is 463 g/mol. The van der Waals surface area contributed by atoms with Crippen molar-refractivity contribution in [2.45, 2.75) is 25.7 Å². The van der Waals surface area contributed by atoms with Crippen molar-refractivity contribution in [2.24, 2.45) is 0 Å². The van der Waals surface area contributed by atoms with E-state index in [2.05, 4.69) is 4.84 Å². The fourth-order valence-corrected chi connectivity index (χ4v) is 2.78. The molecule has 0 radical (unpaired) electrons. The van der Waals surface area contributed by atoms with Crippen molar-refractivity contribution in [3.8, 4) is 5.75 Å². The number of fused-ring (bicyclic) bond motifs is 1. The summed E-state index contributed by atoms with van der Waals surface area (Å²) < 4.78 is 19.7. The van der Waals surface area contributed by atoms with Crippen molar-refractivity contribution in [1.29, 1.82) is 0 Å². The van der Waals surface area contributed by atoms with E-state index in [1.54, 1.807) is 20.1 Å². The van der Waals surface area contributed by atoms with Crippen LogP contribution in [-0.2, 0) is 33.4 Å². The molecule has 2 aromatic carbocycles. The van der Waals surface area contributed by atoms with Gasteiger partial charge >= 0.3 is 17.9 Å². The maximum atomic E-state index is 12.3. The molecule has 2 rings (SSSR count). The highest BCUT2D eigenvalue weighted by atomic mass is 16.9. The van der Waals surface area contributed by atoms with Crippen LogP contribution in [-0.4, -0.2) is 56.5 Å². The number of hydrogen-bond acceptors (Lipinski definition) is 10. The minimum absolute atomic E-state index is 0.00248. The summed E-state index contributed by atoms with van der Waals surface area (Å²) in [5.41, 5.74) is 0.721. The van der Waals surface area contributed by atoms with Crippen molar-refractivity contribution in [1.82, 2.24) is 0 Å². The van der Waals surface area contributed by atoms with Gasteiger partial charge in [-0.05, 0) is 48.2 Å². The number of ether oxygens (including phenoxy) is 4. The topological polar surface area (TPSA) is 141 Å². The third-order valence-electron chi connectivity index (χ3n) is 4.61. The van der Waals surface area contributed by atoms with Crippen molar-refractivity contribution in [2.75, 3.05) is 33.5 Å². The molecule has 0 fully saturated rings. The van der Waals surface area contributed by atoms with Gasteiger partial charge in [0.1, 0.15) is 5.75 Å². The van der Waals surface area contributed by atoms with E-state index in [4.69, 9.17) is 18.9 Å². The Morgan fingerprint density at radius 3 is 2.27 bits per heavy atom. The number of unbranched alkanes of at least 4 members (excludes halogenated alkanes) is 1. The maximum absolute atomic E-state index is 12.3. The van der Waals surface area contributed by atoms with Crippen LogP contribution in [0.5, 0.6) is 5.75 Å². The molecule has 0 aliphatic heterocycles. The van der Waals surface area contributed by atoms with Crippen molar-refractivity contribution >= 4 is 28.7 Å². The number of hydrogen-bond donors (Lipinski definition) is 0. The van der Waals surface area contributed by atoms with Crippen LogP contribution in [0.15, 0.2) is 36.4 Å². The molecule has 0 saturated carbocycles. The van der Waals surface area contributed by atoms with E-state index in [9.17, 15) is 24.5 Å². The van der Waals surface area contributed by atoms with Crippen LogP contribution in [0.25, 0.3) is 10.8 Å². The molecule has 2 aromatic rings. The van der Waals surface area contributed by atoms with Gasteiger partial charge < -0.3 is 23.8 Å². The number of methoxy groups -OCH3 is 1. The zero-order valence-corrected chi connectivity index (χ0v) is 18.3. The zero-order valence-electron chi connectivity index (χ0n) is 18.3. The number of nitrogens with zero attached hydrogens (tertiary/aromatic N) is 1. The molecule has 0 heterocycles. The van der Waals surface area contributed by atoms with Gasteiger partial charge in [-0.1, -0.05) is 24.3 Å². The summed E-state index contributed by atoms with van der Waals surface area (Å²) in [4.78, 5) is 49.6. The predicted molar refractivity (Wildman–Crippen MR) is 114 cm³/mol. The lowest BCUT2D eigenvalue weighted by atomic mass is 9.98. The molecule has 1 atom stereocenters. The normalized spacial score (nSPS) is 11.3. The number of carbonyl (C=O) groups excluding carboxylic acids is 3.